The van der Waals surface area contributed by atoms with Gasteiger partial charge in [-0.25, -0.2) is 4.98 Å². The first-order valence-corrected chi connectivity index (χ1v) is 7.80. The van der Waals surface area contributed by atoms with E-state index in [0.29, 0.717) is 13.0 Å². The molecule has 0 fully saturated rings. The molecule has 1 aromatic carbocycles. The molecule has 0 atom stereocenters. The highest BCUT2D eigenvalue weighted by atomic mass is 16.1. The van der Waals surface area contributed by atoms with Gasteiger partial charge in [0.2, 0.25) is 5.91 Å². The van der Waals surface area contributed by atoms with E-state index < -0.39 is 0 Å². The van der Waals surface area contributed by atoms with Gasteiger partial charge in [-0.2, -0.15) is 0 Å². The number of imidazole rings is 1. The van der Waals surface area contributed by atoms with Gasteiger partial charge in [-0.15, -0.1) is 0 Å². The number of nitrogens with one attached hydrogen (secondary N) is 1. The summed E-state index contributed by atoms with van der Waals surface area (Å²) < 4.78 is 2.01. The number of fused-ring (bicyclic) bond motifs is 1. The molecule has 0 radical (unpaired) electrons. The molecule has 0 saturated heterocycles. The largest absolute Gasteiger partial charge is 0.352 e. The van der Waals surface area contributed by atoms with Crippen molar-refractivity contribution in [3.8, 4) is 0 Å². The summed E-state index contributed by atoms with van der Waals surface area (Å²) in [6, 6.07) is 12.2. The summed E-state index contributed by atoms with van der Waals surface area (Å²) in [5.41, 5.74) is 6.22. The van der Waals surface area contributed by atoms with E-state index in [9.17, 15) is 4.79 Å². The smallest absolute Gasteiger partial charge is 0.226 e. The third-order valence-corrected chi connectivity index (χ3v) is 4.08. The van der Waals surface area contributed by atoms with Crippen molar-refractivity contribution in [3.63, 3.8) is 0 Å². The van der Waals surface area contributed by atoms with Crippen LogP contribution in [0.3, 0.4) is 0 Å². The van der Waals surface area contributed by atoms with Crippen molar-refractivity contribution in [2.24, 2.45) is 0 Å². The van der Waals surface area contributed by atoms with Gasteiger partial charge in [0, 0.05) is 12.7 Å². The van der Waals surface area contributed by atoms with Crippen LogP contribution in [0.2, 0.25) is 0 Å². The number of rotatable bonds is 4. The van der Waals surface area contributed by atoms with Crippen LogP contribution in [0.25, 0.3) is 5.65 Å². The van der Waals surface area contributed by atoms with E-state index in [2.05, 4.69) is 29.4 Å². The molecule has 1 N–H and O–H groups in total. The quantitative estimate of drug-likeness (QED) is 0.805. The molecule has 4 heteroatoms. The molecule has 1 amide bonds. The number of hydrogen-bond acceptors (Lipinski definition) is 2. The van der Waals surface area contributed by atoms with Crippen LogP contribution in [0.5, 0.6) is 0 Å². The number of nitrogens with zero attached hydrogens (tertiary/aromatic N) is 2. The van der Waals surface area contributed by atoms with Crippen molar-refractivity contribution in [2.45, 2.75) is 33.7 Å². The summed E-state index contributed by atoms with van der Waals surface area (Å²) in [6.45, 7) is 6.59. The third kappa shape index (κ3) is 3.26. The molecule has 0 aliphatic rings. The molecule has 0 unspecified atom stereocenters. The molecule has 2 aromatic heterocycles. The van der Waals surface area contributed by atoms with Gasteiger partial charge in [0.15, 0.2) is 0 Å². The standard InChI is InChI=1S/C19H21N3O/c1-13-6-8-16(9-7-13)12-20-18(23)11-17-15(3)21-19-14(2)5-4-10-22(17)19/h4-10H,11-12H2,1-3H3,(H,20,23). The average Bonchev–Trinajstić information content (AvgIpc) is 2.85. The van der Waals surface area contributed by atoms with Gasteiger partial charge in [0.1, 0.15) is 5.65 Å². The Morgan fingerprint density at radius 2 is 1.87 bits per heavy atom. The monoisotopic (exact) mass is 307 g/mol. The number of carbonyl (C=O) groups excluding carboxylic acids is 1. The van der Waals surface area contributed by atoms with Gasteiger partial charge in [0.05, 0.1) is 17.8 Å². The van der Waals surface area contributed by atoms with Crippen molar-refractivity contribution in [3.05, 3.63) is 70.7 Å². The molecule has 23 heavy (non-hydrogen) atoms. The number of hydrogen-bond donors (Lipinski definition) is 1. The van der Waals surface area contributed by atoms with E-state index in [-0.39, 0.29) is 5.91 Å². The summed E-state index contributed by atoms with van der Waals surface area (Å²) >= 11 is 0. The van der Waals surface area contributed by atoms with Gasteiger partial charge in [0.25, 0.3) is 0 Å². The van der Waals surface area contributed by atoms with Crippen LogP contribution in [-0.2, 0) is 17.8 Å². The van der Waals surface area contributed by atoms with Crippen molar-refractivity contribution in [1.82, 2.24) is 14.7 Å². The average molecular weight is 307 g/mol. The summed E-state index contributed by atoms with van der Waals surface area (Å²) in [7, 11) is 0. The number of aromatic nitrogens is 2. The fourth-order valence-corrected chi connectivity index (χ4v) is 2.70. The topological polar surface area (TPSA) is 46.4 Å². The molecular formula is C19H21N3O. The molecule has 118 valence electrons. The van der Waals surface area contributed by atoms with Crippen LogP contribution in [0.4, 0.5) is 0 Å². The zero-order chi connectivity index (χ0) is 16.4. The highest BCUT2D eigenvalue weighted by Gasteiger charge is 2.13. The SMILES string of the molecule is Cc1ccc(CNC(=O)Cc2c(C)nc3c(C)cccn23)cc1. The predicted molar refractivity (Wildman–Crippen MR) is 91.4 cm³/mol. The Kier molecular flexibility index (Phi) is 4.15. The molecule has 0 aliphatic heterocycles. The number of amides is 1. The van der Waals surface area contributed by atoms with Crippen LogP contribution in [0, 0.1) is 20.8 Å². The van der Waals surface area contributed by atoms with Gasteiger partial charge >= 0.3 is 0 Å². The minimum atomic E-state index is 0.0111. The van der Waals surface area contributed by atoms with Crippen molar-refractivity contribution < 1.29 is 4.79 Å². The van der Waals surface area contributed by atoms with Crippen LogP contribution in [-0.4, -0.2) is 15.3 Å². The molecule has 0 bridgehead atoms. The Morgan fingerprint density at radius 3 is 2.61 bits per heavy atom. The maximum atomic E-state index is 12.3. The summed E-state index contributed by atoms with van der Waals surface area (Å²) in [6.07, 6.45) is 2.30. The molecular weight excluding hydrogens is 286 g/mol. The fourth-order valence-electron chi connectivity index (χ4n) is 2.70. The highest BCUT2D eigenvalue weighted by molar-refractivity contribution is 5.78. The maximum absolute atomic E-state index is 12.3. The lowest BCUT2D eigenvalue weighted by Gasteiger charge is -2.07. The molecule has 4 nitrogen and oxygen atoms in total. The van der Waals surface area contributed by atoms with E-state index in [1.165, 1.54) is 5.56 Å². The highest BCUT2D eigenvalue weighted by Crippen LogP contribution is 2.15. The minimum Gasteiger partial charge on any atom is -0.352 e. The van der Waals surface area contributed by atoms with Crippen molar-refractivity contribution >= 4 is 11.6 Å². The third-order valence-electron chi connectivity index (χ3n) is 4.08. The number of benzene rings is 1. The lowest BCUT2D eigenvalue weighted by molar-refractivity contribution is -0.120. The normalized spacial score (nSPS) is 10.9. The van der Waals surface area contributed by atoms with Crippen LogP contribution in [0.1, 0.15) is 28.1 Å². The number of pyridine rings is 1. The Hall–Kier alpha value is -2.62. The van der Waals surface area contributed by atoms with Gasteiger partial charge in [-0.1, -0.05) is 35.9 Å². The zero-order valence-electron chi connectivity index (χ0n) is 13.8. The Bertz CT molecular complexity index is 847. The van der Waals surface area contributed by atoms with E-state index in [0.717, 1.165) is 28.2 Å². The number of carbonyl (C=O) groups is 1. The summed E-state index contributed by atoms with van der Waals surface area (Å²) in [5, 5.41) is 2.98. The molecule has 2 heterocycles. The Balaban J connectivity index is 1.72. The van der Waals surface area contributed by atoms with Crippen molar-refractivity contribution in [2.75, 3.05) is 0 Å². The van der Waals surface area contributed by atoms with E-state index in [1.807, 2.05) is 48.7 Å². The van der Waals surface area contributed by atoms with Crippen molar-refractivity contribution in [1.29, 1.82) is 0 Å². The minimum absolute atomic E-state index is 0.0111. The second-order valence-corrected chi connectivity index (χ2v) is 5.97. The van der Waals surface area contributed by atoms with Gasteiger partial charge in [-0.3, -0.25) is 4.79 Å². The lowest BCUT2D eigenvalue weighted by atomic mass is 10.1. The fraction of sp³-hybridized carbons (Fsp3) is 0.263. The second-order valence-electron chi connectivity index (χ2n) is 5.97. The second kappa shape index (κ2) is 6.24. The van der Waals surface area contributed by atoms with E-state index in [4.69, 9.17) is 0 Å². The molecule has 0 spiro atoms. The first kappa shape index (κ1) is 15.3. The van der Waals surface area contributed by atoms with Crippen LogP contribution < -0.4 is 5.32 Å². The Morgan fingerprint density at radius 1 is 1.13 bits per heavy atom. The van der Waals surface area contributed by atoms with Crippen LogP contribution in [0.15, 0.2) is 42.6 Å². The number of aryl methyl sites for hydroxylation is 3. The van der Waals surface area contributed by atoms with Gasteiger partial charge < -0.3 is 9.72 Å². The first-order valence-electron chi connectivity index (χ1n) is 7.80. The van der Waals surface area contributed by atoms with E-state index in [1.54, 1.807) is 0 Å². The molecule has 3 rings (SSSR count). The lowest BCUT2D eigenvalue weighted by Crippen LogP contribution is -2.25. The maximum Gasteiger partial charge on any atom is 0.226 e. The molecule has 3 aromatic rings. The predicted octanol–water partition coefficient (Wildman–Crippen LogP) is 3.12. The Labute approximate surface area is 136 Å². The summed E-state index contributed by atoms with van der Waals surface area (Å²) in [5.74, 6) is 0.0111. The zero-order valence-corrected chi connectivity index (χ0v) is 13.8. The summed E-state index contributed by atoms with van der Waals surface area (Å²) in [4.78, 5) is 16.9. The van der Waals surface area contributed by atoms with E-state index >= 15 is 0 Å². The van der Waals surface area contributed by atoms with Crippen LogP contribution >= 0.6 is 0 Å². The van der Waals surface area contributed by atoms with Gasteiger partial charge in [-0.05, 0) is 38.0 Å². The first-order chi connectivity index (χ1) is 11.0. The molecule has 0 saturated carbocycles. The molecule has 0 aliphatic carbocycles.